The number of amides is 1. The first kappa shape index (κ1) is 18.2. The van der Waals surface area contributed by atoms with Gasteiger partial charge in [-0.05, 0) is 37.5 Å². The number of nitrogens with two attached hydrogens (primary N) is 1. The van der Waals surface area contributed by atoms with E-state index in [0.29, 0.717) is 19.6 Å². The number of ether oxygens (including phenoxy) is 2. The van der Waals surface area contributed by atoms with Crippen LogP contribution in [0.4, 0.5) is 0 Å². The zero-order valence-corrected chi connectivity index (χ0v) is 14.6. The summed E-state index contributed by atoms with van der Waals surface area (Å²) >= 11 is 1.66. The Labute approximate surface area is 147 Å². The first-order valence-electron chi connectivity index (χ1n) is 7.78. The molecule has 128 valence electrons. The van der Waals surface area contributed by atoms with Crippen molar-refractivity contribution in [3.63, 3.8) is 0 Å². The highest BCUT2D eigenvalue weighted by molar-refractivity contribution is 7.99. The van der Waals surface area contributed by atoms with Crippen LogP contribution < -0.4 is 20.5 Å². The molecule has 1 heterocycles. The van der Waals surface area contributed by atoms with E-state index in [4.69, 9.17) is 15.2 Å². The van der Waals surface area contributed by atoms with E-state index in [-0.39, 0.29) is 30.4 Å². The van der Waals surface area contributed by atoms with Crippen LogP contribution in [0.15, 0.2) is 23.1 Å². The lowest BCUT2D eigenvalue weighted by Crippen LogP contribution is -2.34. The highest BCUT2D eigenvalue weighted by Gasteiger charge is 2.22. The van der Waals surface area contributed by atoms with Crippen LogP contribution in [0.3, 0.4) is 0 Å². The minimum Gasteiger partial charge on any atom is -0.486 e. The van der Waals surface area contributed by atoms with Gasteiger partial charge in [0.2, 0.25) is 5.91 Å². The number of halogens is 1. The third-order valence-electron chi connectivity index (χ3n) is 3.95. The van der Waals surface area contributed by atoms with Gasteiger partial charge in [-0.3, -0.25) is 4.79 Å². The molecule has 5 nitrogen and oxygen atoms in total. The van der Waals surface area contributed by atoms with Crippen LogP contribution in [0.1, 0.15) is 25.7 Å². The van der Waals surface area contributed by atoms with Gasteiger partial charge in [0.05, 0.1) is 0 Å². The van der Waals surface area contributed by atoms with E-state index >= 15 is 0 Å². The van der Waals surface area contributed by atoms with Crippen molar-refractivity contribution in [1.29, 1.82) is 0 Å². The van der Waals surface area contributed by atoms with Gasteiger partial charge in [-0.1, -0.05) is 0 Å². The maximum Gasteiger partial charge on any atom is 0.221 e. The Balaban J connectivity index is 0.00000192. The van der Waals surface area contributed by atoms with E-state index in [9.17, 15) is 4.79 Å². The number of carbonyl (C=O) groups is 1. The molecule has 1 aromatic carbocycles. The summed E-state index contributed by atoms with van der Waals surface area (Å²) in [5.41, 5.74) is 5.86. The molecule has 1 amide bonds. The number of rotatable bonds is 5. The predicted molar refractivity (Wildman–Crippen MR) is 93.8 cm³/mol. The minimum atomic E-state index is 0. The van der Waals surface area contributed by atoms with Crippen LogP contribution in [0.5, 0.6) is 11.5 Å². The van der Waals surface area contributed by atoms with Gasteiger partial charge in [0, 0.05) is 29.2 Å². The van der Waals surface area contributed by atoms with Crippen LogP contribution in [0, 0.1) is 0 Å². The molecule has 1 saturated carbocycles. The molecule has 0 bridgehead atoms. The quantitative estimate of drug-likeness (QED) is 0.790. The fraction of sp³-hybridized carbons (Fsp3) is 0.562. The highest BCUT2D eigenvalue weighted by atomic mass is 35.5. The van der Waals surface area contributed by atoms with Gasteiger partial charge in [0.1, 0.15) is 13.2 Å². The first-order valence-corrected chi connectivity index (χ1v) is 8.76. The predicted octanol–water partition coefficient (Wildman–Crippen LogP) is 2.36. The van der Waals surface area contributed by atoms with E-state index < -0.39 is 0 Å². The Morgan fingerprint density at radius 2 is 2.04 bits per heavy atom. The average Bonchev–Trinajstić information content (AvgIpc) is 2.92. The third kappa shape index (κ3) is 5.19. The van der Waals surface area contributed by atoms with Crippen molar-refractivity contribution in [3.05, 3.63) is 18.2 Å². The molecule has 0 radical (unpaired) electrons. The Morgan fingerprint density at radius 3 is 2.78 bits per heavy atom. The van der Waals surface area contributed by atoms with Crippen LogP contribution in [0.25, 0.3) is 0 Å². The van der Waals surface area contributed by atoms with Gasteiger partial charge in [-0.25, -0.2) is 0 Å². The maximum absolute atomic E-state index is 11.9. The van der Waals surface area contributed by atoms with E-state index in [1.807, 2.05) is 18.2 Å². The highest BCUT2D eigenvalue weighted by Crippen LogP contribution is 2.34. The van der Waals surface area contributed by atoms with E-state index in [1.165, 1.54) is 0 Å². The molecule has 1 aliphatic carbocycles. The number of hydrogen-bond acceptors (Lipinski definition) is 5. The molecule has 2 aliphatic rings. The van der Waals surface area contributed by atoms with Crippen LogP contribution >= 0.6 is 24.2 Å². The van der Waals surface area contributed by atoms with Crippen molar-refractivity contribution >= 4 is 30.1 Å². The molecule has 23 heavy (non-hydrogen) atoms. The second-order valence-electron chi connectivity index (χ2n) is 5.74. The van der Waals surface area contributed by atoms with Gasteiger partial charge in [-0.2, -0.15) is 0 Å². The summed E-state index contributed by atoms with van der Waals surface area (Å²) in [4.78, 5) is 13.0. The molecule has 0 aromatic heterocycles. The number of fused-ring (bicyclic) bond motifs is 1. The lowest BCUT2D eigenvalue weighted by Gasteiger charge is -2.18. The Bertz CT molecular complexity index is 544. The standard InChI is InChI=1S/C16H22N2O3S.ClH/c17-11-1-2-12(9-11)18-16(19)5-8-22-13-3-4-14-15(10-13)21-7-6-20-14;/h3-4,10-12H,1-2,5-9,17H2,(H,18,19);1H/t11-,12-;/m1./s1. The molecule has 2 atom stereocenters. The normalized spacial score (nSPS) is 22.3. The van der Waals surface area contributed by atoms with Crippen molar-refractivity contribution in [2.75, 3.05) is 19.0 Å². The van der Waals surface area contributed by atoms with Crippen LogP contribution in [-0.4, -0.2) is 37.0 Å². The molecule has 7 heteroatoms. The molecule has 0 unspecified atom stereocenters. The third-order valence-corrected chi connectivity index (χ3v) is 4.95. The summed E-state index contributed by atoms with van der Waals surface area (Å²) in [6.45, 7) is 1.19. The monoisotopic (exact) mass is 358 g/mol. The summed E-state index contributed by atoms with van der Waals surface area (Å²) < 4.78 is 11.1. The van der Waals surface area contributed by atoms with Gasteiger partial charge in [-0.15, -0.1) is 24.2 Å². The summed E-state index contributed by atoms with van der Waals surface area (Å²) in [6, 6.07) is 6.43. The lowest BCUT2D eigenvalue weighted by atomic mass is 10.2. The van der Waals surface area contributed by atoms with Gasteiger partial charge in [0.25, 0.3) is 0 Å². The Kier molecular flexibility index (Phi) is 6.87. The molecular weight excluding hydrogens is 336 g/mol. The van der Waals surface area contributed by atoms with E-state index in [1.54, 1.807) is 11.8 Å². The molecular formula is C16H23ClN2O3S. The number of carbonyl (C=O) groups excluding carboxylic acids is 1. The maximum atomic E-state index is 11.9. The number of benzene rings is 1. The molecule has 0 saturated heterocycles. The summed E-state index contributed by atoms with van der Waals surface area (Å²) in [5.74, 6) is 2.46. The largest absolute Gasteiger partial charge is 0.486 e. The molecule has 3 N–H and O–H groups in total. The average molecular weight is 359 g/mol. The van der Waals surface area contributed by atoms with Crippen molar-refractivity contribution in [3.8, 4) is 11.5 Å². The number of hydrogen-bond donors (Lipinski definition) is 2. The Hall–Kier alpha value is -1.11. The second kappa shape index (κ2) is 8.66. The molecule has 1 aromatic rings. The van der Waals surface area contributed by atoms with E-state index in [0.717, 1.165) is 41.4 Å². The van der Waals surface area contributed by atoms with Crippen LogP contribution in [0.2, 0.25) is 0 Å². The van der Waals surface area contributed by atoms with Crippen molar-refractivity contribution in [1.82, 2.24) is 5.32 Å². The second-order valence-corrected chi connectivity index (χ2v) is 6.91. The SMILES string of the molecule is Cl.N[C@@H]1CC[C@@H](NC(=O)CCSc2ccc3c(c2)OCCO3)C1. The fourth-order valence-corrected chi connectivity index (χ4v) is 3.70. The smallest absolute Gasteiger partial charge is 0.221 e. The van der Waals surface area contributed by atoms with Gasteiger partial charge in [0.15, 0.2) is 11.5 Å². The molecule has 3 rings (SSSR count). The van der Waals surface area contributed by atoms with Crippen molar-refractivity contribution in [2.45, 2.75) is 42.7 Å². The number of thioether (sulfide) groups is 1. The zero-order valence-electron chi connectivity index (χ0n) is 13.0. The minimum absolute atomic E-state index is 0. The summed E-state index contributed by atoms with van der Waals surface area (Å²) in [6.07, 6.45) is 3.44. The lowest BCUT2D eigenvalue weighted by molar-refractivity contribution is -0.121. The number of nitrogens with one attached hydrogen (secondary N) is 1. The van der Waals surface area contributed by atoms with Crippen molar-refractivity contribution < 1.29 is 14.3 Å². The van der Waals surface area contributed by atoms with Gasteiger partial charge >= 0.3 is 0 Å². The topological polar surface area (TPSA) is 73.6 Å². The fourth-order valence-electron chi connectivity index (χ4n) is 2.82. The van der Waals surface area contributed by atoms with Gasteiger partial charge < -0.3 is 20.5 Å². The first-order chi connectivity index (χ1) is 10.7. The van der Waals surface area contributed by atoms with Crippen LogP contribution in [-0.2, 0) is 4.79 Å². The summed E-state index contributed by atoms with van der Waals surface area (Å²) in [5, 5.41) is 3.07. The van der Waals surface area contributed by atoms with E-state index in [2.05, 4.69) is 5.32 Å². The zero-order chi connectivity index (χ0) is 15.4. The molecule has 0 spiro atoms. The molecule has 1 fully saturated rings. The Morgan fingerprint density at radius 1 is 1.26 bits per heavy atom. The summed E-state index contributed by atoms with van der Waals surface area (Å²) in [7, 11) is 0. The molecule has 1 aliphatic heterocycles. The van der Waals surface area contributed by atoms with Crippen molar-refractivity contribution in [2.24, 2.45) is 5.73 Å².